The fraction of sp³-hybridized carbons (Fsp3) is 0. The molecule has 0 unspecified atom stereocenters. The average Bonchev–Trinajstić information content (AvgIpc) is 2.40. The second-order valence-electron chi connectivity index (χ2n) is 4.42. The van der Waals surface area contributed by atoms with E-state index in [4.69, 9.17) is 17.2 Å². The van der Waals surface area contributed by atoms with Gasteiger partial charge in [0.05, 0.1) is 22.5 Å². The summed E-state index contributed by atoms with van der Waals surface area (Å²) in [7, 11) is 0. The predicted molar refractivity (Wildman–Crippen MR) is 73.0 cm³/mol. The maximum atomic E-state index is 12.4. The molecule has 5 heteroatoms. The lowest BCUT2D eigenvalue weighted by atomic mass is 9.82. The number of benzene rings is 2. The lowest BCUT2D eigenvalue weighted by molar-refractivity contribution is 0.0980. The molecule has 0 atom stereocenters. The van der Waals surface area contributed by atoms with E-state index in [1.165, 1.54) is 6.07 Å². The number of nitrogen functional groups attached to an aromatic ring is 3. The van der Waals surface area contributed by atoms with Gasteiger partial charge in [0.15, 0.2) is 11.6 Å². The van der Waals surface area contributed by atoms with Crippen LogP contribution in [0.3, 0.4) is 0 Å². The van der Waals surface area contributed by atoms with Crippen LogP contribution < -0.4 is 17.2 Å². The Morgan fingerprint density at radius 3 is 1.84 bits per heavy atom. The van der Waals surface area contributed by atoms with E-state index in [-0.39, 0.29) is 39.8 Å². The Balaban J connectivity index is 2.43. The van der Waals surface area contributed by atoms with Crippen molar-refractivity contribution in [3.63, 3.8) is 0 Å². The van der Waals surface area contributed by atoms with Crippen LogP contribution in [0.1, 0.15) is 31.8 Å². The molecule has 5 nitrogen and oxygen atoms in total. The molecule has 3 rings (SSSR count). The molecule has 1 aliphatic carbocycles. The summed E-state index contributed by atoms with van der Waals surface area (Å²) in [6.07, 6.45) is 0. The van der Waals surface area contributed by atoms with Gasteiger partial charge >= 0.3 is 0 Å². The zero-order valence-electron chi connectivity index (χ0n) is 9.94. The second-order valence-corrected chi connectivity index (χ2v) is 4.42. The summed E-state index contributed by atoms with van der Waals surface area (Å²) in [6.45, 7) is 0. The Labute approximate surface area is 109 Å². The van der Waals surface area contributed by atoms with Gasteiger partial charge in [0, 0.05) is 16.8 Å². The van der Waals surface area contributed by atoms with Crippen molar-refractivity contribution in [1.29, 1.82) is 0 Å². The Bertz CT molecular complexity index is 751. The van der Waals surface area contributed by atoms with Crippen molar-refractivity contribution in [3.05, 3.63) is 52.6 Å². The highest BCUT2D eigenvalue weighted by molar-refractivity contribution is 6.32. The SMILES string of the molecule is Nc1cc(N)c2c(c1N)C(=O)c1ccccc1C2=O. The van der Waals surface area contributed by atoms with Crippen LogP contribution in [0.4, 0.5) is 17.1 Å². The van der Waals surface area contributed by atoms with Crippen molar-refractivity contribution in [2.75, 3.05) is 17.2 Å². The van der Waals surface area contributed by atoms with Crippen LogP contribution in [-0.2, 0) is 0 Å². The Morgan fingerprint density at radius 1 is 0.737 bits per heavy atom. The number of nitrogens with two attached hydrogens (primary N) is 3. The van der Waals surface area contributed by atoms with Gasteiger partial charge in [0.2, 0.25) is 0 Å². The molecule has 0 saturated heterocycles. The zero-order chi connectivity index (χ0) is 13.7. The summed E-state index contributed by atoms with van der Waals surface area (Å²) < 4.78 is 0. The van der Waals surface area contributed by atoms with E-state index in [1.807, 2.05) is 0 Å². The summed E-state index contributed by atoms with van der Waals surface area (Å²) >= 11 is 0. The number of ketones is 2. The highest BCUT2D eigenvalue weighted by Crippen LogP contribution is 2.37. The summed E-state index contributed by atoms with van der Waals surface area (Å²) in [5.74, 6) is -0.615. The van der Waals surface area contributed by atoms with Gasteiger partial charge in [0.1, 0.15) is 0 Å². The van der Waals surface area contributed by atoms with Crippen molar-refractivity contribution in [3.8, 4) is 0 Å². The monoisotopic (exact) mass is 253 g/mol. The highest BCUT2D eigenvalue weighted by Gasteiger charge is 2.33. The smallest absolute Gasteiger partial charge is 0.196 e. The predicted octanol–water partition coefficient (Wildman–Crippen LogP) is 1.21. The minimum absolute atomic E-state index is 0.108. The summed E-state index contributed by atoms with van der Waals surface area (Å²) in [6, 6.07) is 8.00. The average molecular weight is 253 g/mol. The molecule has 6 N–H and O–H groups in total. The van der Waals surface area contributed by atoms with Gasteiger partial charge in [-0.1, -0.05) is 24.3 Å². The molecule has 0 aromatic heterocycles. The number of anilines is 3. The van der Waals surface area contributed by atoms with Crippen LogP contribution in [0, 0.1) is 0 Å². The van der Waals surface area contributed by atoms with Crippen LogP contribution in [0.15, 0.2) is 30.3 Å². The van der Waals surface area contributed by atoms with E-state index >= 15 is 0 Å². The fourth-order valence-corrected chi connectivity index (χ4v) is 2.37. The molecule has 0 spiro atoms. The number of carbonyl (C=O) groups excluding carboxylic acids is 2. The number of hydrogen-bond acceptors (Lipinski definition) is 5. The molecule has 0 heterocycles. The Kier molecular flexibility index (Phi) is 2.13. The van der Waals surface area contributed by atoms with Gasteiger partial charge in [0.25, 0.3) is 0 Å². The van der Waals surface area contributed by atoms with Crippen molar-refractivity contribution in [2.24, 2.45) is 0 Å². The maximum Gasteiger partial charge on any atom is 0.196 e. The summed E-state index contributed by atoms with van der Waals surface area (Å²) in [4.78, 5) is 24.8. The van der Waals surface area contributed by atoms with Crippen LogP contribution in [0.2, 0.25) is 0 Å². The molecular weight excluding hydrogens is 242 g/mol. The molecule has 1 aliphatic rings. The first-order chi connectivity index (χ1) is 9.02. The largest absolute Gasteiger partial charge is 0.398 e. The van der Waals surface area contributed by atoms with Gasteiger partial charge < -0.3 is 17.2 Å². The number of carbonyl (C=O) groups is 2. The molecule has 0 amide bonds. The number of rotatable bonds is 0. The standard InChI is InChI=1S/C14H11N3O2/c15-8-5-9(16)12(17)11-10(8)13(18)6-3-1-2-4-7(6)14(11)19/h1-5H,15-17H2. The zero-order valence-corrected chi connectivity index (χ0v) is 9.94. The first-order valence-electron chi connectivity index (χ1n) is 5.68. The minimum Gasteiger partial charge on any atom is -0.398 e. The number of fused-ring (bicyclic) bond motifs is 2. The summed E-state index contributed by atoms with van der Waals surface area (Å²) in [5.41, 5.74) is 18.8. The van der Waals surface area contributed by atoms with Gasteiger partial charge in [-0.25, -0.2) is 0 Å². The fourth-order valence-electron chi connectivity index (χ4n) is 2.37. The molecule has 0 fully saturated rings. The Morgan fingerprint density at radius 2 is 1.26 bits per heavy atom. The van der Waals surface area contributed by atoms with E-state index in [2.05, 4.69) is 0 Å². The highest BCUT2D eigenvalue weighted by atomic mass is 16.1. The Hall–Kier alpha value is -2.82. The van der Waals surface area contributed by atoms with E-state index in [0.717, 1.165) is 0 Å². The van der Waals surface area contributed by atoms with Crippen molar-refractivity contribution < 1.29 is 9.59 Å². The third kappa shape index (κ3) is 1.35. The van der Waals surface area contributed by atoms with Crippen LogP contribution in [0.5, 0.6) is 0 Å². The molecule has 0 bridgehead atoms. The lowest BCUT2D eigenvalue weighted by Gasteiger charge is -2.21. The first kappa shape index (κ1) is 11.3. The van der Waals surface area contributed by atoms with Crippen LogP contribution in [0.25, 0.3) is 0 Å². The van der Waals surface area contributed by atoms with Crippen molar-refractivity contribution in [1.82, 2.24) is 0 Å². The molecule has 0 radical (unpaired) electrons. The van der Waals surface area contributed by atoms with Gasteiger partial charge in [-0.3, -0.25) is 9.59 Å². The van der Waals surface area contributed by atoms with Gasteiger partial charge in [-0.2, -0.15) is 0 Å². The third-order valence-corrected chi connectivity index (χ3v) is 3.30. The van der Waals surface area contributed by atoms with E-state index in [0.29, 0.717) is 11.1 Å². The number of hydrogen-bond donors (Lipinski definition) is 3. The lowest BCUT2D eigenvalue weighted by Crippen LogP contribution is -2.24. The van der Waals surface area contributed by atoms with Gasteiger partial charge in [-0.15, -0.1) is 0 Å². The van der Waals surface area contributed by atoms with Crippen LogP contribution in [-0.4, -0.2) is 11.6 Å². The molecule has 2 aromatic carbocycles. The van der Waals surface area contributed by atoms with E-state index < -0.39 is 0 Å². The van der Waals surface area contributed by atoms with Gasteiger partial charge in [-0.05, 0) is 6.07 Å². The normalized spacial score (nSPS) is 13.1. The minimum atomic E-state index is -0.318. The van der Waals surface area contributed by atoms with E-state index in [9.17, 15) is 9.59 Å². The van der Waals surface area contributed by atoms with E-state index in [1.54, 1.807) is 24.3 Å². The molecule has 19 heavy (non-hydrogen) atoms. The summed E-state index contributed by atoms with van der Waals surface area (Å²) in [5, 5.41) is 0. The molecule has 0 saturated carbocycles. The second kappa shape index (κ2) is 3.58. The van der Waals surface area contributed by atoms with Crippen molar-refractivity contribution >= 4 is 28.6 Å². The molecule has 2 aromatic rings. The quantitative estimate of drug-likeness (QED) is 0.521. The van der Waals surface area contributed by atoms with Crippen molar-refractivity contribution in [2.45, 2.75) is 0 Å². The first-order valence-corrected chi connectivity index (χ1v) is 5.68. The third-order valence-electron chi connectivity index (χ3n) is 3.30. The van der Waals surface area contributed by atoms with Crippen LogP contribution >= 0.6 is 0 Å². The molecular formula is C14H11N3O2. The maximum absolute atomic E-state index is 12.4. The molecule has 0 aliphatic heterocycles. The topological polar surface area (TPSA) is 112 Å². The molecule has 94 valence electrons.